The van der Waals surface area contributed by atoms with E-state index in [-0.39, 0.29) is 22.4 Å². The molecule has 0 unspecified atom stereocenters. The van der Waals surface area contributed by atoms with Crippen molar-refractivity contribution in [3.05, 3.63) is 77.5 Å². The number of nitrogens with two attached hydrogens (primary N) is 1. The van der Waals surface area contributed by atoms with Crippen LogP contribution < -0.4 is 16.4 Å². The van der Waals surface area contributed by atoms with Crippen LogP contribution in [-0.4, -0.2) is 20.9 Å². The van der Waals surface area contributed by atoms with Crippen molar-refractivity contribution in [1.82, 2.24) is 15.0 Å². The maximum absolute atomic E-state index is 14.3. The van der Waals surface area contributed by atoms with E-state index in [2.05, 4.69) is 25.6 Å². The third-order valence-corrected chi connectivity index (χ3v) is 4.35. The van der Waals surface area contributed by atoms with Crippen LogP contribution in [0.5, 0.6) is 0 Å². The van der Waals surface area contributed by atoms with Gasteiger partial charge in [-0.1, -0.05) is 17.7 Å². The molecule has 2 aromatic carbocycles. The van der Waals surface area contributed by atoms with E-state index in [0.29, 0.717) is 17.3 Å². The molecule has 2 heterocycles. The summed E-state index contributed by atoms with van der Waals surface area (Å²) in [6.07, 6.45) is 4.05. The molecule has 0 radical (unpaired) electrons. The van der Waals surface area contributed by atoms with Gasteiger partial charge >= 0.3 is 0 Å². The summed E-state index contributed by atoms with van der Waals surface area (Å²) in [6, 6.07) is 11.7. The monoisotopic (exact) mass is 424 g/mol. The summed E-state index contributed by atoms with van der Waals surface area (Å²) >= 11 is 6.04. The minimum absolute atomic E-state index is 0.0306. The Balaban J connectivity index is 1.56. The quantitative estimate of drug-likeness (QED) is 0.416. The number of aromatic nitrogens is 3. The number of oxazole rings is 1. The molecule has 10 heteroatoms. The molecule has 2 aromatic heterocycles. The van der Waals surface area contributed by atoms with Crippen LogP contribution in [-0.2, 0) is 0 Å². The normalized spacial score (nSPS) is 10.6. The number of amides is 1. The second-order valence-electron chi connectivity index (χ2n) is 6.12. The van der Waals surface area contributed by atoms with Gasteiger partial charge in [0.1, 0.15) is 6.26 Å². The summed E-state index contributed by atoms with van der Waals surface area (Å²) in [5.74, 6) is -0.727. The Labute approximate surface area is 174 Å². The van der Waals surface area contributed by atoms with Crippen LogP contribution >= 0.6 is 11.6 Å². The molecule has 0 fully saturated rings. The van der Waals surface area contributed by atoms with Crippen molar-refractivity contribution in [2.24, 2.45) is 5.73 Å². The Hall–Kier alpha value is -3.98. The van der Waals surface area contributed by atoms with E-state index < -0.39 is 11.7 Å². The Morgan fingerprint density at radius 3 is 2.67 bits per heavy atom. The van der Waals surface area contributed by atoms with Gasteiger partial charge in [0, 0.05) is 16.9 Å². The molecular formula is C20H14ClFN6O2. The van der Waals surface area contributed by atoms with Crippen LogP contribution in [0.4, 0.5) is 27.5 Å². The summed E-state index contributed by atoms with van der Waals surface area (Å²) in [5, 5.41) is 6.00. The van der Waals surface area contributed by atoms with E-state index in [4.69, 9.17) is 21.8 Å². The Morgan fingerprint density at radius 2 is 1.93 bits per heavy atom. The number of nitrogens with one attached hydrogen (secondary N) is 2. The van der Waals surface area contributed by atoms with Crippen molar-refractivity contribution in [3.63, 3.8) is 0 Å². The molecule has 0 aliphatic rings. The first-order valence-electron chi connectivity index (χ1n) is 8.65. The van der Waals surface area contributed by atoms with Gasteiger partial charge in [0.25, 0.3) is 0 Å². The van der Waals surface area contributed by atoms with Crippen molar-refractivity contribution in [3.8, 4) is 11.5 Å². The van der Waals surface area contributed by atoms with Crippen LogP contribution in [0.25, 0.3) is 11.5 Å². The van der Waals surface area contributed by atoms with Gasteiger partial charge in [0.05, 0.1) is 23.0 Å². The zero-order valence-electron chi connectivity index (χ0n) is 15.3. The minimum Gasteiger partial charge on any atom is -0.445 e. The SMILES string of the molecule is NC(=O)c1ccc(Nc2ncc(F)c(Nc3cccc(-c4ncco4)c3)n2)cc1Cl. The number of carbonyl (C=O) groups is 1. The average Bonchev–Trinajstić information content (AvgIpc) is 3.25. The second-order valence-corrected chi connectivity index (χ2v) is 6.52. The van der Waals surface area contributed by atoms with E-state index in [1.165, 1.54) is 18.4 Å². The number of hydrogen-bond donors (Lipinski definition) is 3. The van der Waals surface area contributed by atoms with E-state index in [1.807, 2.05) is 6.07 Å². The molecule has 0 aliphatic heterocycles. The molecule has 30 heavy (non-hydrogen) atoms. The number of hydrogen-bond acceptors (Lipinski definition) is 7. The van der Waals surface area contributed by atoms with Crippen LogP contribution in [0, 0.1) is 5.82 Å². The van der Waals surface area contributed by atoms with Crippen molar-refractivity contribution in [2.45, 2.75) is 0 Å². The summed E-state index contributed by atoms with van der Waals surface area (Å²) in [4.78, 5) is 23.5. The lowest BCUT2D eigenvalue weighted by atomic mass is 10.2. The van der Waals surface area contributed by atoms with E-state index in [9.17, 15) is 9.18 Å². The highest BCUT2D eigenvalue weighted by atomic mass is 35.5. The first-order chi connectivity index (χ1) is 14.5. The van der Waals surface area contributed by atoms with Gasteiger partial charge in [-0.25, -0.2) is 14.4 Å². The maximum atomic E-state index is 14.3. The Morgan fingerprint density at radius 1 is 1.10 bits per heavy atom. The molecule has 1 amide bonds. The smallest absolute Gasteiger partial charge is 0.250 e. The summed E-state index contributed by atoms with van der Waals surface area (Å²) in [5.41, 5.74) is 7.25. The van der Waals surface area contributed by atoms with Crippen molar-refractivity contribution < 1.29 is 13.6 Å². The zero-order valence-corrected chi connectivity index (χ0v) is 16.0. The third-order valence-electron chi connectivity index (χ3n) is 4.04. The lowest BCUT2D eigenvalue weighted by Crippen LogP contribution is -2.11. The highest BCUT2D eigenvalue weighted by Gasteiger charge is 2.11. The molecule has 4 aromatic rings. The van der Waals surface area contributed by atoms with Crippen LogP contribution in [0.15, 0.2) is 65.5 Å². The lowest BCUT2D eigenvalue weighted by molar-refractivity contribution is 0.100. The molecule has 0 saturated carbocycles. The fourth-order valence-corrected chi connectivity index (χ4v) is 2.94. The lowest BCUT2D eigenvalue weighted by Gasteiger charge is -2.11. The van der Waals surface area contributed by atoms with Gasteiger partial charge in [0.15, 0.2) is 11.6 Å². The van der Waals surface area contributed by atoms with Crippen molar-refractivity contribution in [2.75, 3.05) is 10.6 Å². The predicted octanol–water partition coefficient (Wildman–Crippen LogP) is 4.51. The molecule has 8 nitrogen and oxygen atoms in total. The topological polar surface area (TPSA) is 119 Å². The summed E-state index contributed by atoms with van der Waals surface area (Å²) in [7, 11) is 0. The molecule has 4 N–H and O–H groups in total. The van der Waals surface area contributed by atoms with Crippen molar-refractivity contribution in [1.29, 1.82) is 0 Å². The Bertz CT molecular complexity index is 1220. The van der Waals surface area contributed by atoms with Gasteiger partial charge in [-0.3, -0.25) is 4.79 Å². The fraction of sp³-hybridized carbons (Fsp3) is 0. The number of halogens is 2. The number of primary amides is 1. The van der Waals surface area contributed by atoms with Gasteiger partial charge in [-0.2, -0.15) is 4.98 Å². The largest absolute Gasteiger partial charge is 0.445 e. The maximum Gasteiger partial charge on any atom is 0.250 e. The number of anilines is 4. The van der Waals surface area contributed by atoms with Crippen LogP contribution in [0.1, 0.15) is 10.4 Å². The first kappa shape index (κ1) is 19.3. The number of carbonyl (C=O) groups excluding carboxylic acids is 1. The first-order valence-corrected chi connectivity index (χ1v) is 9.03. The Kier molecular flexibility index (Phi) is 5.27. The van der Waals surface area contributed by atoms with Gasteiger partial charge in [-0.05, 0) is 36.4 Å². The van der Waals surface area contributed by atoms with Gasteiger partial charge < -0.3 is 20.8 Å². The molecule has 4 rings (SSSR count). The minimum atomic E-state index is -0.636. The van der Waals surface area contributed by atoms with Crippen molar-refractivity contribution >= 4 is 40.6 Å². The van der Waals surface area contributed by atoms with Gasteiger partial charge in [-0.15, -0.1) is 0 Å². The zero-order chi connectivity index (χ0) is 21.1. The summed E-state index contributed by atoms with van der Waals surface area (Å²) in [6.45, 7) is 0. The highest BCUT2D eigenvalue weighted by molar-refractivity contribution is 6.34. The van der Waals surface area contributed by atoms with Gasteiger partial charge in [0.2, 0.25) is 17.7 Å². The van der Waals surface area contributed by atoms with E-state index in [0.717, 1.165) is 11.8 Å². The number of nitrogens with zero attached hydrogens (tertiary/aromatic N) is 3. The summed E-state index contributed by atoms with van der Waals surface area (Å²) < 4.78 is 19.5. The highest BCUT2D eigenvalue weighted by Crippen LogP contribution is 2.26. The number of benzene rings is 2. The number of rotatable bonds is 6. The molecule has 0 bridgehead atoms. The molecule has 0 spiro atoms. The molecule has 150 valence electrons. The molecule has 0 aliphatic carbocycles. The molecule has 0 atom stereocenters. The molecule has 0 saturated heterocycles. The van der Waals surface area contributed by atoms with E-state index in [1.54, 1.807) is 30.5 Å². The standard InChI is InChI=1S/C20H14ClFN6O2/c21-15-9-13(4-5-14(15)17(23)29)27-20-25-10-16(22)18(28-20)26-12-3-1-2-11(8-12)19-24-6-7-30-19/h1-10H,(H2,23,29)(H2,25,26,27,28). The average molecular weight is 425 g/mol. The fourth-order valence-electron chi connectivity index (χ4n) is 2.67. The van der Waals surface area contributed by atoms with E-state index >= 15 is 0 Å². The third kappa shape index (κ3) is 4.20. The predicted molar refractivity (Wildman–Crippen MR) is 110 cm³/mol. The molecular weight excluding hydrogens is 411 g/mol. The van der Waals surface area contributed by atoms with Crippen LogP contribution in [0.3, 0.4) is 0 Å². The second kappa shape index (κ2) is 8.18. The van der Waals surface area contributed by atoms with Crippen LogP contribution in [0.2, 0.25) is 5.02 Å².